The van der Waals surface area contributed by atoms with Crippen LogP contribution in [0, 0.1) is 28.1 Å². The third-order valence-electron chi connectivity index (χ3n) is 7.31. The lowest BCUT2D eigenvalue weighted by molar-refractivity contribution is -0.120. The van der Waals surface area contributed by atoms with Crippen LogP contribution in [0.3, 0.4) is 0 Å². The van der Waals surface area contributed by atoms with Gasteiger partial charge in [0.2, 0.25) is 0 Å². The van der Waals surface area contributed by atoms with Crippen LogP contribution >= 0.6 is 0 Å². The van der Waals surface area contributed by atoms with Gasteiger partial charge in [0.1, 0.15) is 0 Å². The molecule has 4 fully saturated rings. The molecule has 0 aromatic carbocycles. The van der Waals surface area contributed by atoms with Crippen molar-refractivity contribution in [2.75, 3.05) is 19.5 Å². The minimum atomic E-state index is -3.44. The second-order valence-electron chi connectivity index (χ2n) is 8.71. The number of rotatable bonds is 7. The van der Waals surface area contributed by atoms with Gasteiger partial charge >= 0.3 is 0 Å². The molecule has 4 aliphatic carbocycles. The van der Waals surface area contributed by atoms with Gasteiger partial charge in [-0.1, -0.05) is 13.8 Å². The molecule has 6 heteroatoms. The number of aliphatic hydroxyl groups is 2. The highest BCUT2D eigenvalue weighted by Crippen LogP contribution is 2.75. The van der Waals surface area contributed by atoms with Crippen LogP contribution in [0.15, 0.2) is 0 Å². The average molecular weight is 346 g/mol. The van der Waals surface area contributed by atoms with Crippen LogP contribution in [0.5, 0.6) is 0 Å². The van der Waals surface area contributed by atoms with Gasteiger partial charge in [-0.05, 0) is 61.2 Å². The highest BCUT2D eigenvalue weighted by Gasteiger charge is 2.70. The summed E-state index contributed by atoms with van der Waals surface area (Å²) in [7, 11) is -3.44. The summed E-state index contributed by atoms with van der Waals surface area (Å²) in [5, 5.41) is 20.8. The van der Waals surface area contributed by atoms with E-state index in [1.165, 1.54) is 0 Å². The molecular weight excluding hydrogens is 316 g/mol. The zero-order valence-electron chi connectivity index (χ0n) is 14.4. The van der Waals surface area contributed by atoms with E-state index in [1.54, 1.807) is 0 Å². The van der Waals surface area contributed by atoms with Crippen molar-refractivity contribution in [3.05, 3.63) is 0 Å². The van der Waals surface area contributed by atoms with Crippen LogP contribution < -0.4 is 0 Å². The van der Waals surface area contributed by atoms with Crippen molar-refractivity contribution >= 4 is 10.1 Å². The zero-order valence-corrected chi connectivity index (χ0v) is 15.2. The molecule has 4 rings (SSSR count). The SMILES string of the molecule is CCC(O)C(C)(CO)C12CC3CC1CC(COS(C)(=O)=O)(C3)C2. The summed E-state index contributed by atoms with van der Waals surface area (Å²) in [5.41, 5.74) is -0.700. The van der Waals surface area contributed by atoms with Crippen molar-refractivity contribution in [3.63, 3.8) is 0 Å². The van der Waals surface area contributed by atoms with Gasteiger partial charge in [0.25, 0.3) is 10.1 Å². The highest BCUT2D eigenvalue weighted by atomic mass is 32.2. The maximum absolute atomic E-state index is 11.4. The predicted octanol–water partition coefficient (Wildman–Crippen LogP) is 1.93. The van der Waals surface area contributed by atoms with E-state index in [1.807, 2.05) is 13.8 Å². The zero-order chi connectivity index (χ0) is 17.1. The molecule has 0 radical (unpaired) electrons. The van der Waals surface area contributed by atoms with Gasteiger partial charge in [-0.25, -0.2) is 0 Å². The van der Waals surface area contributed by atoms with Crippen LogP contribution in [0.4, 0.5) is 0 Å². The Hall–Kier alpha value is -0.170. The van der Waals surface area contributed by atoms with Crippen molar-refractivity contribution in [1.82, 2.24) is 0 Å². The van der Waals surface area contributed by atoms with E-state index in [4.69, 9.17) is 4.18 Å². The monoisotopic (exact) mass is 346 g/mol. The second-order valence-corrected chi connectivity index (χ2v) is 10.4. The van der Waals surface area contributed by atoms with Crippen LogP contribution in [0.25, 0.3) is 0 Å². The number of aliphatic hydroxyl groups excluding tert-OH is 2. The van der Waals surface area contributed by atoms with E-state index in [0.29, 0.717) is 18.3 Å². The van der Waals surface area contributed by atoms with Crippen LogP contribution in [0.1, 0.15) is 52.4 Å². The van der Waals surface area contributed by atoms with Crippen molar-refractivity contribution in [2.24, 2.45) is 28.1 Å². The Kier molecular flexibility index (Phi) is 4.15. The summed E-state index contributed by atoms with van der Waals surface area (Å²) in [6.07, 6.45) is 6.25. The molecule has 23 heavy (non-hydrogen) atoms. The molecule has 0 aromatic rings. The lowest BCUT2D eigenvalue weighted by Crippen LogP contribution is -2.52. The molecule has 0 saturated heterocycles. The molecule has 2 N–H and O–H groups in total. The highest BCUT2D eigenvalue weighted by molar-refractivity contribution is 7.85. The first-order chi connectivity index (χ1) is 10.6. The van der Waals surface area contributed by atoms with E-state index < -0.39 is 21.6 Å². The summed E-state index contributed by atoms with van der Waals surface area (Å²) in [6, 6.07) is 0. The summed E-state index contributed by atoms with van der Waals surface area (Å²) >= 11 is 0. The Morgan fingerprint density at radius 3 is 2.61 bits per heavy atom. The maximum atomic E-state index is 11.4. The maximum Gasteiger partial charge on any atom is 0.264 e. The first kappa shape index (κ1) is 17.6. The molecule has 0 spiro atoms. The van der Waals surface area contributed by atoms with Gasteiger partial charge in [0.15, 0.2) is 0 Å². The van der Waals surface area contributed by atoms with Crippen molar-refractivity contribution in [2.45, 2.75) is 58.5 Å². The molecule has 0 aromatic heterocycles. The van der Waals surface area contributed by atoms with Crippen molar-refractivity contribution < 1.29 is 22.8 Å². The van der Waals surface area contributed by atoms with E-state index >= 15 is 0 Å². The van der Waals surface area contributed by atoms with Crippen LogP contribution in [-0.2, 0) is 14.3 Å². The minimum absolute atomic E-state index is 0.0196. The van der Waals surface area contributed by atoms with Crippen molar-refractivity contribution in [1.29, 1.82) is 0 Å². The molecule has 4 bridgehead atoms. The molecule has 5 nitrogen and oxygen atoms in total. The fourth-order valence-electron chi connectivity index (χ4n) is 6.42. The first-order valence-electron chi connectivity index (χ1n) is 8.73. The lowest BCUT2D eigenvalue weighted by atomic mass is 9.55. The minimum Gasteiger partial charge on any atom is -0.396 e. The smallest absolute Gasteiger partial charge is 0.264 e. The molecule has 4 saturated carbocycles. The van der Waals surface area contributed by atoms with Gasteiger partial charge in [-0.15, -0.1) is 0 Å². The van der Waals surface area contributed by atoms with Gasteiger partial charge in [-0.2, -0.15) is 8.42 Å². The molecule has 0 aliphatic heterocycles. The van der Waals surface area contributed by atoms with E-state index in [2.05, 4.69) is 0 Å². The molecule has 6 atom stereocenters. The average Bonchev–Trinajstić information content (AvgIpc) is 2.87. The molecule has 4 aliphatic rings. The van der Waals surface area contributed by atoms with E-state index in [0.717, 1.165) is 38.4 Å². The van der Waals surface area contributed by atoms with Gasteiger partial charge in [0, 0.05) is 5.41 Å². The van der Waals surface area contributed by atoms with Crippen LogP contribution in [-0.4, -0.2) is 44.2 Å². The standard InChI is InChI=1S/C17H30O5S/c1-4-14(19)15(2,10-18)17-7-12-5-13(17)8-16(6-12,9-17)11-22-23(3,20)21/h12-14,18-19H,4-11H2,1-3H3. The molecule has 6 unspecified atom stereocenters. The topological polar surface area (TPSA) is 83.8 Å². The molecular formula is C17H30O5S. The quantitative estimate of drug-likeness (QED) is 0.688. The Morgan fingerprint density at radius 2 is 2.04 bits per heavy atom. The van der Waals surface area contributed by atoms with Gasteiger partial charge in [0.05, 0.1) is 25.6 Å². The number of hydrogen-bond donors (Lipinski definition) is 2. The van der Waals surface area contributed by atoms with Crippen LogP contribution in [0.2, 0.25) is 0 Å². The van der Waals surface area contributed by atoms with Gasteiger partial charge < -0.3 is 10.2 Å². The number of hydrogen-bond acceptors (Lipinski definition) is 5. The fourth-order valence-corrected chi connectivity index (χ4v) is 6.89. The summed E-state index contributed by atoms with van der Waals surface area (Å²) in [6.45, 7) is 4.21. The largest absolute Gasteiger partial charge is 0.396 e. The van der Waals surface area contributed by atoms with E-state index in [-0.39, 0.29) is 24.0 Å². The third-order valence-corrected chi connectivity index (χ3v) is 7.86. The summed E-state index contributed by atoms with van der Waals surface area (Å²) < 4.78 is 28.0. The fraction of sp³-hybridized carbons (Fsp3) is 1.00. The second kappa shape index (κ2) is 5.41. The first-order valence-corrected chi connectivity index (χ1v) is 10.5. The molecule has 0 heterocycles. The van der Waals surface area contributed by atoms with Gasteiger partial charge in [-0.3, -0.25) is 4.18 Å². The molecule has 134 valence electrons. The Bertz CT molecular complexity index is 576. The molecule has 0 amide bonds. The Balaban J connectivity index is 1.91. The Labute approximate surface area is 139 Å². The predicted molar refractivity (Wildman–Crippen MR) is 87.2 cm³/mol. The van der Waals surface area contributed by atoms with Crippen molar-refractivity contribution in [3.8, 4) is 0 Å². The van der Waals surface area contributed by atoms with E-state index in [9.17, 15) is 18.6 Å². The summed E-state index contributed by atoms with van der Waals surface area (Å²) in [5.74, 6) is 1.03. The lowest BCUT2D eigenvalue weighted by Gasteiger charge is -2.51. The third kappa shape index (κ3) is 2.57. The Morgan fingerprint density at radius 1 is 1.35 bits per heavy atom. The normalized spacial score (nSPS) is 42.8. The summed E-state index contributed by atoms with van der Waals surface area (Å²) in [4.78, 5) is 0.